The number of carbonyl (C=O) groups is 1. The first-order valence-electron chi connectivity index (χ1n) is 11.0. The van der Waals surface area contributed by atoms with Crippen LogP contribution in [0.2, 0.25) is 0 Å². The smallest absolute Gasteiger partial charge is 0.340 e. The van der Waals surface area contributed by atoms with Crippen molar-refractivity contribution in [3.05, 3.63) is 0 Å². The molecule has 4 heteroatoms. The highest BCUT2D eigenvalue weighted by Gasteiger charge is 2.53. The van der Waals surface area contributed by atoms with E-state index in [0.29, 0.717) is 23.2 Å². The van der Waals surface area contributed by atoms with E-state index in [1.807, 2.05) is 27.7 Å². The lowest BCUT2D eigenvalue weighted by atomic mass is 9.61. The zero-order valence-electron chi connectivity index (χ0n) is 18.2. The van der Waals surface area contributed by atoms with Crippen LogP contribution >= 0.6 is 0 Å². The minimum Gasteiger partial charge on any atom is -0.433 e. The van der Waals surface area contributed by atoms with Crippen molar-refractivity contribution in [2.75, 3.05) is 0 Å². The lowest BCUT2D eigenvalue weighted by molar-refractivity contribution is -0.155. The van der Waals surface area contributed by atoms with Gasteiger partial charge in [-0.25, -0.2) is 4.79 Å². The van der Waals surface area contributed by atoms with E-state index >= 15 is 0 Å². The summed E-state index contributed by atoms with van der Waals surface area (Å²) in [5, 5.41) is 10.4. The largest absolute Gasteiger partial charge is 0.433 e. The molecule has 0 radical (unpaired) electrons. The number of carbonyl (C=O) groups excluding carboxylic acids is 1. The van der Waals surface area contributed by atoms with E-state index in [4.69, 9.17) is 9.47 Å². The molecule has 2 saturated carbocycles. The van der Waals surface area contributed by atoms with Gasteiger partial charge in [0.05, 0.1) is 6.10 Å². The van der Waals surface area contributed by atoms with Gasteiger partial charge in [0.2, 0.25) is 6.29 Å². The first kappa shape index (κ1) is 21.1. The van der Waals surface area contributed by atoms with Crippen molar-refractivity contribution < 1.29 is 19.4 Å². The van der Waals surface area contributed by atoms with Crippen molar-refractivity contribution in [1.82, 2.24) is 0 Å². The van der Waals surface area contributed by atoms with Crippen LogP contribution in [0.3, 0.4) is 0 Å². The number of hydrogen-bond acceptors (Lipinski definition) is 4. The van der Waals surface area contributed by atoms with Crippen LogP contribution < -0.4 is 0 Å². The minimum atomic E-state index is -0.805. The highest BCUT2D eigenvalue weighted by Crippen LogP contribution is 2.58. The number of aliphatic hydroxyl groups is 1. The monoisotopic (exact) mass is 380 g/mol. The average Bonchev–Trinajstić information content (AvgIpc) is 3.06. The van der Waals surface area contributed by atoms with Gasteiger partial charge in [-0.1, -0.05) is 47.5 Å². The Kier molecular flexibility index (Phi) is 5.73. The summed E-state index contributed by atoms with van der Waals surface area (Å²) in [5.41, 5.74) is -0.710. The standard InChI is InChI=1S/C23H40O4/c1-15(16-11-12-17-18(24)10-8-13-22(16,17)5)9-7-14-23(6)19(25)26-20(27-23)21(2,3)4/h15-18,20,24H,7-14H2,1-6H3/t15-,16-,17?,18?,20-,22-,23-/m1/s1. The number of hydrogen-bond donors (Lipinski definition) is 1. The van der Waals surface area contributed by atoms with Gasteiger partial charge in [-0.15, -0.1) is 0 Å². The second-order valence-electron chi connectivity index (χ2n) is 11.1. The van der Waals surface area contributed by atoms with Crippen LogP contribution in [0.5, 0.6) is 0 Å². The summed E-state index contributed by atoms with van der Waals surface area (Å²) in [5.74, 6) is 1.57. The van der Waals surface area contributed by atoms with Gasteiger partial charge in [0, 0.05) is 5.41 Å². The zero-order chi connectivity index (χ0) is 20.0. The minimum absolute atomic E-state index is 0.101. The molecule has 0 bridgehead atoms. The third-order valence-corrected chi connectivity index (χ3v) is 7.88. The molecule has 1 N–H and O–H groups in total. The Morgan fingerprint density at radius 3 is 2.56 bits per heavy atom. The van der Waals surface area contributed by atoms with Gasteiger partial charge < -0.3 is 14.6 Å². The number of rotatable bonds is 5. The Labute approximate surface area is 165 Å². The highest BCUT2D eigenvalue weighted by molar-refractivity contribution is 5.80. The summed E-state index contributed by atoms with van der Waals surface area (Å²) in [6.45, 7) is 12.8. The zero-order valence-corrected chi connectivity index (χ0v) is 18.2. The van der Waals surface area contributed by atoms with Crippen LogP contribution in [0.25, 0.3) is 0 Å². The summed E-state index contributed by atoms with van der Waals surface area (Å²) in [6.07, 6.45) is 8.05. The topological polar surface area (TPSA) is 55.8 Å². The van der Waals surface area contributed by atoms with E-state index in [1.165, 1.54) is 19.3 Å². The second kappa shape index (κ2) is 7.33. The average molecular weight is 381 g/mol. The highest BCUT2D eigenvalue weighted by atomic mass is 16.8. The molecule has 1 heterocycles. The molecular formula is C23H40O4. The molecule has 0 aromatic rings. The van der Waals surface area contributed by atoms with Gasteiger partial charge in [-0.2, -0.15) is 0 Å². The summed E-state index contributed by atoms with van der Waals surface area (Å²) in [7, 11) is 0. The molecular weight excluding hydrogens is 340 g/mol. The Bertz CT molecular complexity index is 553. The first-order chi connectivity index (χ1) is 12.5. The maximum absolute atomic E-state index is 12.4. The van der Waals surface area contributed by atoms with Gasteiger partial charge >= 0.3 is 5.97 Å². The second-order valence-corrected chi connectivity index (χ2v) is 11.1. The van der Waals surface area contributed by atoms with E-state index in [0.717, 1.165) is 32.1 Å². The van der Waals surface area contributed by atoms with Gasteiger partial charge in [0.25, 0.3) is 0 Å². The molecule has 3 aliphatic rings. The molecule has 3 rings (SSSR count). The van der Waals surface area contributed by atoms with Gasteiger partial charge in [0.15, 0.2) is 5.60 Å². The van der Waals surface area contributed by atoms with E-state index < -0.39 is 11.9 Å². The molecule has 1 saturated heterocycles. The van der Waals surface area contributed by atoms with Crippen LogP contribution in [0.1, 0.15) is 92.9 Å². The van der Waals surface area contributed by atoms with Gasteiger partial charge in [0.1, 0.15) is 0 Å². The van der Waals surface area contributed by atoms with E-state index in [1.54, 1.807) is 0 Å². The fourth-order valence-corrected chi connectivity index (χ4v) is 6.13. The van der Waals surface area contributed by atoms with Crippen LogP contribution in [0.4, 0.5) is 0 Å². The fraction of sp³-hybridized carbons (Fsp3) is 0.957. The van der Waals surface area contributed by atoms with E-state index in [2.05, 4.69) is 13.8 Å². The van der Waals surface area contributed by atoms with Crippen molar-refractivity contribution in [3.8, 4) is 0 Å². The first-order valence-corrected chi connectivity index (χ1v) is 11.0. The molecule has 0 aromatic carbocycles. The van der Waals surface area contributed by atoms with Crippen molar-refractivity contribution in [1.29, 1.82) is 0 Å². The number of fused-ring (bicyclic) bond motifs is 1. The number of aliphatic hydroxyl groups excluding tert-OH is 1. The fourth-order valence-electron chi connectivity index (χ4n) is 6.13. The quantitative estimate of drug-likeness (QED) is 0.676. The molecule has 0 amide bonds. The lowest BCUT2D eigenvalue weighted by Crippen LogP contribution is -2.41. The molecule has 2 unspecified atom stereocenters. The van der Waals surface area contributed by atoms with Crippen LogP contribution in [0, 0.1) is 28.6 Å². The number of ether oxygens (including phenoxy) is 2. The maximum Gasteiger partial charge on any atom is 0.340 e. The Balaban J connectivity index is 1.54. The Morgan fingerprint density at radius 2 is 1.93 bits per heavy atom. The number of cyclic esters (lactones) is 1. The normalized spacial score (nSPS) is 43.4. The van der Waals surface area contributed by atoms with E-state index in [9.17, 15) is 9.90 Å². The Morgan fingerprint density at radius 1 is 1.22 bits per heavy atom. The van der Waals surface area contributed by atoms with Gasteiger partial charge in [-0.3, -0.25) is 0 Å². The molecule has 156 valence electrons. The summed E-state index contributed by atoms with van der Waals surface area (Å²) >= 11 is 0. The molecule has 3 fully saturated rings. The van der Waals surface area contributed by atoms with Crippen LogP contribution in [-0.2, 0) is 14.3 Å². The molecule has 0 spiro atoms. The van der Waals surface area contributed by atoms with Crippen molar-refractivity contribution >= 4 is 5.97 Å². The third kappa shape index (κ3) is 3.94. The van der Waals surface area contributed by atoms with Crippen molar-refractivity contribution in [2.24, 2.45) is 28.6 Å². The summed E-state index contributed by atoms with van der Waals surface area (Å²) < 4.78 is 11.6. The van der Waals surface area contributed by atoms with Gasteiger partial charge in [-0.05, 0) is 68.6 Å². The SMILES string of the molecule is C[C@H](CCC[C@@]1(C)O[C@H](C(C)(C)C)OC1=O)[C@H]1CCC2C(O)CCC[C@@]21C. The Hall–Kier alpha value is -0.610. The molecule has 1 aliphatic heterocycles. The molecule has 4 nitrogen and oxygen atoms in total. The van der Waals surface area contributed by atoms with Crippen molar-refractivity contribution in [3.63, 3.8) is 0 Å². The molecule has 7 atom stereocenters. The predicted molar refractivity (Wildman–Crippen MR) is 106 cm³/mol. The third-order valence-electron chi connectivity index (χ3n) is 7.88. The summed E-state index contributed by atoms with van der Waals surface area (Å²) in [4.78, 5) is 12.4. The van der Waals surface area contributed by atoms with Crippen LogP contribution in [0.15, 0.2) is 0 Å². The maximum atomic E-state index is 12.4. The predicted octanol–water partition coefficient (Wildman–Crippen LogP) is 5.07. The molecule has 2 aliphatic carbocycles. The van der Waals surface area contributed by atoms with E-state index in [-0.39, 0.29) is 17.5 Å². The van der Waals surface area contributed by atoms with Crippen molar-refractivity contribution in [2.45, 2.75) is 111 Å². The van der Waals surface area contributed by atoms with Crippen LogP contribution in [-0.4, -0.2) is 29.1 Å². The number of esters is 1. The lowest BCUT2D eigenvalue weighted by Gasteiger charge is -2.45. The summed E-state index contributed by atoms with van der Waals surface area (Å²) in [6, 6.07) is 0. The molecule has 0 aromatic heterocycles. The molecule has 27 heavy (non-hydrogen) atoms.